The second-order valence-electron chi connectivity index (χ2n) is 6.73. The van der Waals surface area contributed by atoms with Crippen LogP contribution in [0.5, 0.6) is 0 Å². The van der Waals surface area contributed by atoms with Crippen molar-refractivity contribution < 1.29 is 13.2 Å². The number of benzene rings is 1. The van der Waals surface area contributed by atoms with Crippen molar-refractivity contribution in [2.75, 3.05) is 19.4 Å². The SMILES string of the molecule is CN(C)S(=O)(=O)c1cc(NC(=O)Cn2cnc3c2c(=O)n(C)c(=O)n3C)ccc1Cl. The van der Waals surface area contributed by atoms with E-state index >= 15 is 0 Å². The van der Waals surface area contributed by atoms with Crippen LogP contribution in [0.3, 0.4) is 0 Å². The predicted octanol–water partition coefficient (Wildman–Crippen LogP) is -0.0239. The van der Waals surface area contributed by atoms with E-state index in [0.29, 0.717) is 0 Å². The Labute approximate surface area is 176 Å². The number of aryl methyl sites for hydroxylation is 1. The summed E-state index contributed by atoms with van der Waals surface area (Å²) in [6, 6.07) is 4.08. The van der Waals surface area contributed by atoms with E-state index in [1.165, 1.54) is 61.9 Å². The smallest absolute Gasteiger partial charge is 0.324 e. The Bertz CT molecular complexity index is 1390. The highest BCUT2D eigenvalue weighted by atomic mass is 35.5. The molecule has 0 aliphatic carbocycles. The van der Waals surface area contributed by atoms with Gasteiger partial charge in [0.15, 0.2) is 11.2 Å². The number of hydrogen-bond acceptors (Lipinski definition) is 6. The van der Waals surface area contributed by atoms with Crippen molar-refractivity contribution in [1.29, 1.82) is 0 Å². The van der Waals surface area contributed by atoms with Gasteiger partial charge < -0.3 is 9.88 Å². The van der Waals surface area contributed by atoms with E-state index in [-0.39, 0.29) is 33.3 Å². The number of hydrogen-bond donors (Lipinski definition) is 1. The molecule has 2 heterocycles. The molecule has 0 aliphatic rings. The molecular formula is C17H19ClN6O5S. The van der Waals surface area contributed by atoms with Gasteiger partial charge in [-0.05, 0) is 18.2 Å². The maximum atomic E-state index is 12.5. The fourth-order valence-electron chi connectivity index (χ4n) is 2.85. The Kier molecular flexibility index (Phi) is 5.58. The zero-order chi connectivity index (χ0) is 22.4. The molecule has 11 nitrogen and oxygen atoms in total. The van der Waals surface area contributed by atoms with E-state index in [1.54, 1.807) is 0 Å². The van der Waals surface area contributed by atoms with Gasteiger partial charge in [0.25, 0.3) is 5.56 Å². The Morgan fingerprint density at radius 1 is 1.20 bits per heavy atom. The molecule has 30 heavy (non-hydrogen) atoms. The number of amides is 1. The van der Waals surface area contributed by atoms with Crippen molar-refractivity contribution in [3.63, 3.8) is 0 Å². The molecule has 3 rings (SSSR count). The molecule has 3 aromatic rings. The molecule has 0 fully saturated rings. The van der Waals surface area contributed by atoms with Crippen LogP contribution in [0, 0.1) is 0 Å². The number of nitrogens with one attached hydrogen (secondary N) is 1. The first-order valence-electron chi connectivity index (χ1n) is 8.58. The van der Waals surface area contributed by atoms with Crippen LogP contribution in [-0.2, 0) is 35.5 Å². The molecule has 1 amide bonds. The van der Waals surface area contributed by atoms with Crippen molar-refractivity contribution in [3.05, 3.63) is 50.4 Å². The lowest BCUT2D eigenvalue weighted by atomic mass is 10.3. The molecule has 0 spiro atoms. The van der Waals surface area contributed by atoms with Crippen LogP contribution in [-0.4, -0.2) is 51.4 Å². The summed E-state index contributed by atoms with van der Waals surface area (Å²) in [6.45, 7) is -0.275. The number of sulfonamides is 1. The molecule has 0 atom stereocenters. The summed E-state index contributed by atoms with van der Waals surface area (Å²) >= 11 is 6.01. The zero-order valence-electron chi connectivity index (χ0n) is 16.6. The van der Waals surface area contributed by atoms with Gasteiger partial charge in [-0.15, -0.1) is 0 Å². The summed E-state index contributed by atoms with van der Waals surface area (Å²) in [5, 5.41) is 2.60. The standard InChI is InChI=1S/C17H19ClN6O5S/c1-21(2)30(28,29)12-7-10(5-6-11(12)18)20-13(25)8-24-9-19-15-14(24)16(26)23(4)17(27)22(15)3/h5-7,9H,8H2,1-4H3,(H,20,25). The summed E-state index contributed by atoms with van der Waals surface area (Å²) in [4.78, 5) is 40.9. The normalized spacial score (nSPS) is 11.9. The molecular weight excluding hydrogens is 436 g/mol. The summed E-state index contributed by atoms with van der Waals surface area (Å²) in [5.74, 6) is -0.527. The molecule has 0 saturated carbocycles. The van der Waals surface area contributed by atoms with Gasteiger partial charge in [0, 0.05) is 33.9 Å². The third-order valence-corrected chi connectivity index (χ3v) is 6.80. The molecule has 0 unspecified atom stereocenters. The van der Waals surface area contributed by atoms with E-state index < -0.39 is 27.2 Å². The van der Waals surface area contributed by atoms with Crippen LogP contribution in [0.25, 0.3) is 11.2 Å². The molecule has 0 radical (unpaired) electrons. The number of imidazole rings is 1. The van der Waals surface area contributed by atoms with E-state index in [2.05, 4.69) is 10.3 Å². The summed E-state index contributed by atoms with van der Waals surface area (Å²) < 4.78 is 29.2. The van der Waals surface area contributed by atoms with Gasteiger partial charge in [-0.3, -0.25) is 18.7 Å². The van der Waals surface area contributed by atoms with Crippen LogP contribution in [0.15, 0.2) is 39.0 Å². The summed E-state index contributed by atoms with van der Waals surface area (Å²) in [5.41, 5.74) is -0.639. The van der Waals surface area contributed by atoms with E-state index in [1.807, 2.05) is 0 Å². The third-order valence-electron chi connectivity index (χ3n) is 4.50. The quantitative estimate of drug-likeness (QED) is 0.576. The van der Waals surface area contributed by atoms with Crippen LogP contribution >= 0.6 is 11.6 Å². The van der Waals surface area contributed by atoms with E-state index in [9.17, 15) is 22.8 Å². The van der Waals surface area contributed by atoms with Gasteiger partial charge in [0.05, 0.1) is 11.3 Å². The van der Waals surface area contributed by atoms with Gasteiger partial charge in [-0.1, -0.05) is 11.6 Å². The maximum absolute atomic E-state index is 12.5. The predicted molar refractivity (Wildman–Crippen MR) is 111 cm³/mol. The molecule has 160 valence electrons. The minimum absolute atomic E-state index is 0.0201. The second kappa shape index (κ2) is 7.70. The first-order valence-corrected chi connectivity index (χ1v) is 10.4. The average Bonchev–Trinajstić information content (AvgIpc) is 3.09. The van der Waals surface area contributed by atoms with E-state index in [0.717, 1.165) is 8.87 Å². The fraction of sp³-hybridized carbons (Fsp3) is 0.294. The largest absolute Gasteiger partial charge is 0.332 e. The third kappa shape index (κ3) is 3.64. The minimum Gasteiger partial charge on any atom is -0.324 e. The van der Waals surface area contributed by atoms with Crippen molar-refractivity contribution >= 4 is 44.4 Å². The molecule has 0 saturated heterocycles. The lowest BCUT2D eigenvalue weighted by Crippen LogP contribution is -2.37. The van der Waals surface area contributed by atoms with Crippen molar-refractivity contribution in [2.45, 2.75) is 11.4 Å². The average molecular weight is 455 g/mol. The highest BCUT2D eigenvalue weighted by molar-refractivity contribution is 7.89. The molecule has 2 aromatic heterocycles. The molecule has 0 bridgehead atoms. The Hall–Kier alpha value is -2.96. The Balaban J connectivity index is 1.93. The monoisotopic (exact) mass is 454 g/mol. The highest BCUT2D eigenvalue weighted by Crippen LogP contribution is 2.26. The molecule has 0 aliphatic heterocycles. The zero-order valence-corrected chi connectivity index (χ0v) is 18.2. The molecule has 1 aromatic carbocycles. The molecule has 1 N–H and O–H groups in total. The molecule has 13 heteroatoms. The highest BCUT2D eigenvalue weighted by Gasteiger charge is 2.22. The van der Waals surface area contributed by atoms with Crippen molar-refractivity contribution in [2.24, 2.45) is 14.1 Å². The van der Waals surface area contributed by atoms with Gasteiger partial charge in [0.1, 0.15) is 11.4 Å². The lowest BCUT2D eigenvalue weighted by molar-refractivity contribution is -0.116. The van der Waals surface area contributed by atoms with Crippen LogP contribution in [0.4, 0.5) is 5.69 Å². The number of fused-ring (bicyclic) bond motifs is 1. The van der Waals surface area contributed by atoms with Crippen LogP contribution in [0.1, 0.15) is 0 Å². The lowest BCUT2D eigenvalue weighted by Gasteiger charge is -2.14. The number of carbonyl (C=O) groups is 1. The summed E-state index contributed by atoms with van der Waals surface area (Å²) in [7, 11) is 1.74. The number of aromatic nitrogens is 4. The number of nitrogens with zero attached hydrogens (tertiary/aromatic N) is 5. The van der Waals surface area contributed by atoms with E-state index in [4.69, 9.17) is 11.6 Å². The topological polar surface area (TPSA) is 128 Å². The second-order valence-corrected chi connectivity index (χ2v) is 9.26. The number of carbonyl (C=O) groups excluding carboxylic acids is 1. The van der Waals surface area contributed by atoms with Crippen LogP contribution < -0.4 is 16.6 Å². The van der Waals surface area contributed by atoms with Crippen LogP contribution in [0.2, 0.25) is 5.02 Å². The van der Waals surface area contributed by atoms with Gasteiger partial charge >= 0.3 is 5.69 Å². The number of halogens is 1. The fourth-order valence-corrected chi connectivity index (χ4v) is 4.24. The Morgan fingerprint density at radius 2 is 1.87 bits per heavy atom. The maximum Gasteiger partial charge on any atom is 0.332 e. The van der Waals surface area contributed by atoms with Gasteiger partial charge in [-0.2, -0.15) is 0 Å². The number of rotatable bonds is 5. The first-order chi connectivity index (χ1) is 13.9. The Morgan fingerprint density at radius 3 is 2.50 bits per heavy atom. The summed E-state index contributed by atoms with van der Waals surface area (Å²) in [6.07, 6.45) is 1.29. The van der Waals surface area contributed by atoms with Gasteiger partial charge in [-0.25, -0.2) is 22.5 Å². The van der Waals surface area contributed by atoms with Crippen molar-refractivity contribution in [1.82, 2.24) is 23.0 Å². The van der Waals surface area contributed by atoms with Gasteiger partial charge in [0.2, 0.25) is 15.9 Å². The first kappa shape index (κ1) is 21.7. The number of anilines is 1. The minimum atomic E-state index is -3.81. The van der Waals surface area contributed by atoms with Crippen molar-refractivity contribution in [3.8, 4) is 0 Å².